The molecule has 0 aromatic heterocycles. The largest absolute Gasteiger partial charge is 0.389 e. The highest BCUT2D eigenvalue weighted by atomic mass is 19.1. The van der Waals surface area contributed by atoms with E-state index in [9.17, 15) is 9.50 Å². The van der Waals surface area contributed by atoms with Crippen LogP contribution >= 0.6 is 0 Å². The molecule has 1 aliphatic heterocycles. The van der Waals surface area contributed by atoms with Gasteiger partial charge in [0.2, 0.25) is 0 Å². The third-order valence-electron chi connectivity index (χ3n) is 5.00. The van der Waals surface area contributed by atoms with E-state index in [0.717, 1.165) is 24.9 Å². The first kappa shape index (κ1) is 13.9. The maximum absolute atomic E-state index is 14.4. The van der Waals surface area contributed by atoms with E-state index in [4.69, 9.17) is 0 Å². The van der Waals surface area contributed by atoms with E-state index in [1.807, 2.05) is 6.07 Å². The highest BCUT2D eigenvalue weighted by molar-refractivity contribution is 5.57. The van der Waals surface area contributed by atoms with Gasteiger partial charge in [-0.15, -0.1) is 0 Å². The maximum Gasteiger partial charge on any atom is 0.146 e. The van der Waals surface area contributed by atoms with Gasteiger partial charge in [-0.3, -0.25) is 0 Å². The van der Waals surface area contributed by atoms with Crippen molar-refractivity contribution in [3.63, 3.8) is 0 Å². The third kappa shape index (κ3) is 2.44. The monoisotopic (exact) mass is 277 g/mol. The Morgan fingerprint density at radius 1 is 1.20 bits per heavy atom. The lowest BCUT2D eigenvalue weighted by Gasteiger charge is -2.46. The minimum atomic E-state index is -0.621. The molecule has 1 aliphatic carbocycles. The van der Waals surface area contributed by atoms with E-state index in [1.54, 1.807) is 13.0 Å². The maximum atomic E-state index is 14.4. The van der Waals surface area contributed by atoms with E-state index in [-0.39, 0.29) is 5.82 Å². The van der Waals surface area contributed by atoms with Gasteiger partial charge >= 0.3 is 0 Å². The molecule has 2 aliphatic rings. The highest BCUT2D eigenvalue weighted by Crippen LogP contribution is 2.40. The van der Waals surface area contributed by atoms with Gasteiger partial charge in [-0.05, 0) is 44.6 Å². The van der Waals surface area contributed by atoms with Crippen LogP contribution < -0.4 is 4.90 Å². The number of benzene rings is 1. The predicted octanol–water partition coefficient (Wildman–Crippen LogP) is 4.04. The molecule has 1 saturated heterocycles. The Labute approximate surface area is 120 Å². The summed E-state index contributed by atoms with van der Waals surface area (Å²) in [6.45, 7) is 2.64. The van der Waals surface area contributed by atoms with Gasteiger partial charge in [0.1, 0.15) is 5.82 Å². The molecule has 0 bridgehead atoms. The Bertz CT molecular complexity index is 472. The lowest BCUT2D eigenvalue weighted by atomic mass is 9.78. The molecular weight excluding hydrogens is 253 g/mol. The van der Waals surface area contributed by atoms with Gasteiger partial charge in [-0.1, -0.05) is 25.0 Å². The van der Waals surface area contributed by atoms with Crippen molar-refractivity contribution in [1.29, 1.82) is 0 Å². The van der Waals surface area contributed by atoms with Crippen molar-refractivity contribution in [2.45, 2.75) is 57.6 Å². The Balaban J connectivity index is 1.98. The van der Waals surface area contributed by atoms with E-state index in [0.29, 0.717) is 17.6 Å². The van der Waals surface area contributed by atoms with E-state index in [1.165, 1.54) is 31.7 Å². The predicted molar refractivity (Wildman–Crippen MR) is 79.4 cm³/mol. The number of nitrogens with zero attached hydrogens (tertiary/aromatic N) is 1. The minimum Gasteiger partial charge on any atom is -0.389 e. The molecule has 0 radical (unpaired) electrons. The van der Waals surface area contributed by atoms with Crippen molar-refractivity contribution in [2.24, 2.45) is 5.92 Å². The molecule has 1 aromatic carbocycles. The third-order valence-corrected chi connectivity index (χ3v) is 5.00. The first-order chi connectivity index (χ1) is 9.68. The standard InChI is InChI=1S/C17H24FNO/c1-12(20)14-8-4-9-15(18)17(14)19-11-5-7-13-6-2-3-10-16(13)19/h4,8-9,12-13,16,20H,2-3,5-7,10-11H2,1H3/t12-,13?,16?/m0/s1. The Hall–Kier alpha value is -1.09. The molecule has 1 N–H and O–H groups in total. The summed E-state index contributed by atoms with van der Waals surface area (Å²) in [5.41, 5.74) is 1.38. The zero-order valence-electron chi connectivity index (χ0n) is 12.2. The van der Waals surface area contributed by atoms with Crippen LogP contribution in [0.1, 0.15) is 57.1 Å². The molecule has 20 heavy (non-hydrogen) atoms. The van der Waals surface area contributed by atoms with Crippen LogP contribution in [0, 0.1) is 11.7 Å². The Morgan fingerprint density at radius 2 is 1.95 bits per heavy atom. The summed E-state index contributed by atoms with van der Waals surface area (Å²) in [6.07, 6.45) is 6.79. The van der Waals surface area contributed by atoms with Crippen molar-refractivity contribution < 1.29 is 9.50 Å². The Morgan fingerprint density at radius 3 is 2.75 bits per heavy atom. The van der Waals surface area contributed by atoms with E-state index >= 15 is 0 Å². The number of hydrogen-bond acceptors (Lipinski definition) is 2. The van der Waals surface area contributed by atoms with E-state index < -0.39 is 6.10 Å². The molecule has 2 unspecified atom stereocenters. The van der Waals surface area contributed by atoms with Crippen molar-refractivity contribution >= 4 is 5.69 Å². The van der Waals surface area contributed by atoms with Crippen LogP contribution in [-0.4, -0.2) is 17.7 Å². The van der Waals surface area contributed by atoms with Crippen molar-refractivity contribution in [1.82, 2.24) is 0 Å². The molecule has 3 atom stereocenters. The van der Waals surface area contributed by atoms with Gasteiger partial charge in [0.05, 0.1) is 11.8 Å². The quantitative estimate of drug-likeness (QED) is 0.882. The van der Waals surface area contributed by atoms with Crippen LogP contribution in [0.3, 0.4) is 0 Å². The van der Waals surface area contributed by atoms with Crippen LogP contribution in [0.2, 0.25) is 0 Å². The average Bonchev–Trinajstić information content (AvgIpc) is 2.46. The second kappa shape index (κ2) is 5.72. The number of para-hydroxylation sites is 1. The summed E-state index contributed by atoms with van der Waals surface area (Å²) in [5, 5.41) is 9.96. The molecule has 2 fully saturated rings. The molecule has 3 heteroatoms. The van der Waals surface area contributed by atoms with Gasteiger partial charge in [-0.2, -0.15) is 0 Å². The normalized spacial score (nSPS) is 28.1. The zero-order chi connectivity index (χ0) is 14.1. The second-order valence-corrected chi connectivity index (χ2v) is 6.30. The van der Waals surface area contributed by atoms with Crippen molar-refractivity contribution in [2.75, 3.05) is 11.4 Å². The van der Waals surface area contributed by atoms with Gasteiger partial charge in [-0.25, -0.2) is 4.39 Å². The summed E-state index contributed by atoms with van der Waals surface area (Å²) < 4.78 is 14.4. The number of halogens is 1. The molecule has 1 aromatic rings. The van der Waals surface area contributed by atoms with Crippen molar-refractivity contribution in [3.8, 4) is 0 Å². The molecule has 0 spiro atoms. The number of anilines is 1. The second-order valence-electron chi connectivity index (χ2n) is 6.30. The van der Waals surface area contributed by atoms with Gasteiger partial charge < -0.3 is 10.0 Å². The van der Waals surface area contributed by atoms with Crippen LogP contribution in [0.25, 0.3) is 0 Å². The van der Waals surface area contributed by atoms with Crippen LogP contribution in [0.15, 0.2) is 18.2 Å². The minimum absolute atomic E-state index is 0.186. The number of aliphatic hydroxyl groups excluding tert-OH is 1. The van der Waals surface area contributed by atoms with Gasteiger partial charge in [0.15, 0.2) is 0 Å². The molecule has 1 saturated carbocycles. The SMILES string of the molecule is C[C@H](O)c1cccc(F)c1N1CCCC2CCCCC21. The summed E-state index contributed by atoms with van der Waals surface area (Å²) in [4.78, 5) is 2.25. The lowest BCUT2D eigenvalue weighted by molar-refractivity contribution is 0.196. The van der Waals surface area contributed by atoms with Gasteiger partial charge in [0.25, 0.3) is 0 Å². The van der Waals surface area contributed by atoms with Crippen molar-refractivity contribution in [3.05, 3.63) is 29.6 Å². The topological polar surface area (TPSA) is 23.5 Å². The fourth-order valence-corrected chi connectivity index (χ4v) is 4.07. The van der Waals surface area contributed by atoms with Gasteiger partial charge in [0, 0.05) is 18.2 Å². The summed E-state index contributed by atoms with van der Waals surface area (Å²) in [6, 6.07) is 5.54. The fourth-order valence-electron chi connectivity index (χ4n) is 4.07. The number of hydrogen-bond donors (Lipinski definition) is 1. The highest BCUT2D eigenvalue weighted by Gasteiger charge is 2.35. The van der Waals surface area contributed by atoms with E-state index in [2.05, 4.69) is 4.90 Å². The summed E-state index contributed by atoms with van der Waals surface area (Å²) in [5.74, 6) is 0.522. The molecule has 1 heterocycles. The smallest absolute Gasteiger partial charge is 0.146 e. The number of piperidine rings is 1. The number of rotatable bonds is 2. The number of aliphatic hydroxyl groups is 1. The summed E-state index contributed by atoms with van der Waals surface area (Å²) >= 11 is 0. The van der Waals surface area contributed by atoms with Crippen LogP contribution in [0.5, 0.6) is 0 Å². The molecule has 110 valence electrons. The molecular formula is C17H24FNO. The molecule has 0 amide bonds. The molecule has 3 rings (SSSR count). The summed E-state index contributed by atoms with van der Waals surface area (Å²) in [7, 11) is 0. The zero-order valence-corrected chi connectivity index (χ0v) is 12.2. The average molecular weight is 277 g/mol. The molecule has 2 nitrogen and oxygen atoms in total. The number of fused-ring (bicyclic) bond motifs is 1. The first-order valence-corrected chi connectivity index (χ1v) is 7.91. The lowest BCUT2D eigenvalue weighted by Crippen LogP contribution is -2.47. The fraction of sp³-hybridized carbons (Fsp3) is 0.647. The first-order valence-electron chi connectivity index (χ1n) is 7.91. The van der Waals surface area contributed by atoms with Crippen LogP contribution in [0.4, 0.5) is 10.1 Å². The Kier molecular flexibility index (Phi) is 3.97. The van der Waals surface area contributed by atoms with Crippen LogP contribution in [-0.2, 0) is 0 Å².